The molecule has 0 aliphatic carbocycles. The summed E-state index contributed by atoms with van der Waals surface area (Å²) in [6.07, 6.45) is -9.76. The number of hydrogen-bond donors (Lipinski definition) is 0. The normalized spacial score (nSPS) is 13.8. The van der Waals surface area contributed by atoms with Crippen LogP contribution in [0, 0.1) is 39.4 Å². The lowest BCUT2D eigenvalue weighted by molar-refractivity contribution is -0.263. The molecule has 11 heteroatoms. The molecule has 0 N–H and O–H groups in total. The number of nitriles is 3. The van der Waals surface area contributed by atoms with Gasteiger partial charge in [-0.05, 0) is 6.07 Å². The van der Waals surface area contributed by atoms with Gasteiger partial charge in [0.25, 0.3) is 6.17 Å². The maximum Gasteiger partial charge on any atom is 0.425 e. The molecule has 0 spiro atoms. The topological polar surface area (TPSA) is 89.2 Å². The van der Waals surface area contributed by atoms with Crippen LogP contribution in [0.1, 0.15) is 5.69 Å². The molecule has 0 aliphatic heterocycles. The summed E-state index contributed by atoms with van der Waals surface area (Å²) in [5.41, 5.74) is -3.93. The Morgan fingerprint density at radius 3 is 2.05 bits per heavy atom. The highest BCUT2D eigenvalue weighted by atomic mass is 19.4. The third kappa shape index (κ3) is 2.82. The Bertz CT molecular complexity index is 657. The van der Waals surface area contributed by atoms with Crippen LogP contribution in [-0.2, 0) is 6.54 Å². The van der Waals surface area contributed by atoms with Crippen LogP contribution in [0.5, 0.6) is 0 Å². The Morgan fingerprint density at radius 2 is 1.68 bits per heavy atom. The molecule has 5 nitrogen and oxygen atoms in total. The van der Waals surface area contributed by atoms with E-state index in [9.17, 15) is 26.3 Å². The molecule has 1 heterocycles. The third-order valence-corrected chi connectivity index (χ3v) is 2.71. The highest BCUT2D eigenvalue weighted by molar-refractivity contribution is 5.23. The molecule has 116 valence electrons. The largest absolute Gasteiger partial charge is 0.425 e. The number of nitrogens with zero attached hydrogens (tertiary/aromatic N) is 5. The number of aromatic nitrogens is 2. The van der Waals surface area contributed by atoms with E-state index in [4.69, 9.17) is 15.8 Å². The molecule has 0 radical (unpaired) electrons. The van der Waals surface area contributed by atoms with Crippen LogP contribution in [0.25, 0.3) is 0 Å². The van der Waals surface area contributed by atoms with E-state index in [0.717, 1.165) is 24.4 Å². The zero-order chi connectivity index (χ0) is 17.2. The van der Waals surface area contributed by atoms with Crippen molar-refractivity contribution in [2.24, 2.45) is 5.41 Å². The second-order valence-electron chi connectivity index (χ2n) is 4.17. The van der Waals surface area contributed by atoms with Crippen molar-refractivity contribution in [2.45, 2.75) is 24.8 Å². The molecular weight excluding hydrogens is 316 g/mol. The van der Waals surface area contributed by atoms with Crippen LogP contribution >= 0.6 is 0 Å². The fraction of sp³-hybridized carbons (Fsp3) is 0.455. The molecule has 1 atom stereocenters. The highest BCUT2D eigenvalue weighted by Gasteiger charge is 2.68. The monoisotopic (exact) mass is 321 g/mol. The van der Waals surface area contributed by atoms with Crippen molar-refractivity contribution in [2.75, 3.05) is 0 Å². The van der Waals surface area contributed by atoms with Gasteiger partial charge in [-0.1, -0.05) is 0 Å². The molecule has 1 aromatic rings. The standard InChI is InChI=1S/C11H5F6N5/c12-8(11(15,16)17)10(13,14)9(4-19,5-20)6-22-2-1-7(3-18)21-22/h1-2,8H,6H2. The van der Waals surface area contributed by atoms with E-state index >= 15 is 0 Å². The molecule has 0 amide bonds. The van der Waals surface area contributed by atoms with Gasteiger partial charge in [-0.25, -0.2) is 4.39 Å². The van der Waals surface area contributed by atoms with E-state index in [1.807, 2.05) is 0 Å². The van der Waals surface area contributed by atoms with Crippen molar-refractivity contribution in [3.8, 4) is 18.2 Å². The van der Waals surface area contributed by atoms with Gasteiger partial charge in [0.2, 0.25) is 5.41 Å². The van der Waals surface area contributed by atoms with Gasteiger partial charge in [0.05, 0.1) is 18.7 Å². The molecule has 0 aliphatic rings. The predicted molar refractivity (Wildman–Crippen MR) is 56.5 cm³/mol. The third-order valence-electron chi connectivity index (χ3n) is 2.71. The maximum atomic E-state index is 13.8. The minimum absolute atomic E-state index is 0.277. The molecule has 1 unspecified atom stereocenters. The second-order valence-corrected chi connectivity index (χ2v) is 4.17. The highest BCUT2D eigenvalue weighted by Crippen LogP contribution is 2.46. The Kier molecular flexibility index (Phi) is 4.38. The van der Waals surface area contributed by atoms with Crippen molar-refractivity contribution in [1.82, 2.24) is 9.78 Å². The lowest BCUT2D eigenvalue weighted by Crippen LogP contribution is -2.54. The first kappa shape index (κ1) is 17.3. The summed E-state index contributed by atoms with van der Waals surface area (Å²) in [4.78, 5) is 0. The number of alkyl halides is 6. The van der Waals surface area contributed by atoms with E-state index in [1.54, 1.807) is 0 Å². The summed E-state index contributed by atoms with van der Waals surface area (Å²) < 4.78 is 77.7. The molecule has 0 fully saturated rings. The van der Waals surface area contributed by atoms with E-state index < -0.39 is 30.2 Å². The second kappa shape index (κ2) is 5.57. The first-order chi connectivity index (χ1) is 10.0. The minimum atomic E-state index is -5.95. The van der Waals surface area contributed by atoms with Gasteiger partial charge in [0, 0.05) is 6.20 Å². The SMILES string of the molecule is N#Cc1ccn(CC(C#N)(C#N)C(F)(F)C(F)C(F)(F)F)n1. The predicted octanol–water partition coefficient (Wildman–Crippen LogP) is 2.32. The smallest absolute Gasteiger partial charge is 0.268 e. The summed E-state index contributed by atoms with van der Waals surface area (Å²) in [6.45, 7) is -1.34. The maximum absolute atomic E-state index is 13.8. The van der Waals surface area contributed by atoms with E-state index in [2.05, 4.69) is 5.10 Å². The van der Waals surface area contributed by atoms with Crippen LogP contribution in [0.4, 0.5) is 26.3 Å². The molecule has 1 aromatic heterocycles. The number of halogens is 6. The Balaban J connectivity index is 3.30. The molecule has 1 rings (SSSR count). The van der Waals surface area contributed by atoms with E-state index in [-0.39, 0.29) is 5.69 Å². The average Bonchev–Trinajstić information content (AvgIpc) is 2.90. The lowest BCUT2D eigenvalue weighted by Gasteiger charge is -2.31. The van der Waals surface area contributed by atoms with Crippen molar-refractivity contribution >= 4 is 0 Å². The number of hydrogen-bond acceptors (Lipinski definition) is 4. The van der Waals surface area contributed by atoms with Gasteiger partial charge in [0.15, 0.2) is 5.69 Å². The van der Waals surface area contributed by atoms with Crippen LogP contribution in [0.15, 0.2) is 12.3 Å². The summed E-state index contributed by atoms with van der Waals surface area (Å²) >= 11 is 0. The van der Waals surface area contributed by atoms with Crippen LogP contribution in [0.2, 0.25) is 0 Å². The van der Waals surface area contributed by atoms with Crippen LogP contribution in [0.3, 0.4) is 0 Å². The van der Waals surface area contributed by atoms with Gasteiger partial charge < -0.3 is 0 Å². The van der Waals surface area contributed by atoms with Gasteiger partial charge in [-0.2, -0.15) is 42.8 Å². The van der Waals surface area contributed by atoms with Gasteiger partial charge in [-0.15, -0.1) is 0 Å². The molecule has 0 aromatic carbocycles. The van der Waals surface area contributed by atoms with E-state index in [0.29, 0.717) is 4.68 Å². The molecule has 22 heavy (non-hydrogen) atoms. The Hall–Kier alpha value is -2.74. The first-order valence-corrected chi connectivity index (χ1v) is 5.38. The molecular formula is C11H5F6N5. The minimum Gasteiger partial charge on any atom is -0.268 e. The fourth-order valence-electron chi connectivity index (χ4n) is 1.52. The van der Waals surface area contributed by atoms with E-state index in [1.165, 1.54) is 6.07 Å². The van der Waals surface area contributed by atoms with Gasteiger partial charge in [0.1, 0.15) is 6.07 Å². The fourth-order valence-corrected chi connectivity index (χ4v) is 1.52. The number of rotatable bonds is 4. The van der Waals surface area contributed by atoms with Crippen LogP contribution < -0.4 is 0 Å². The zero-order valence-electron chi connectivity index (χ0n) is 10.4. The molecule has 0 saturated heterocycles. The summed E-state index contributed by atoms with van der Waals surface area (Å²) in [7, 11) is 0. The quantitative estimate of drug-likeness (QED) is 0.796. The summed E-state index contributed by atoms with van der Waals surface area (Å²) in [5.74, 6) is -5.34. The zero-order valence-corrected chi connectivity index (χ0v) is 10.4. The lowest BCUT2D eigenvalue weighted by atomic mass is 9.81. The molecule has 0 bridgehead atoms. The Morgan fingerprint density at radius 1 is 1.14 bits per heavy atom. The Labute approximate surface area is 119 Å². The first-order valence-electron chi connectivity index (χ1n) is 5.38. The van der Waals surface area contributed by atoms with Crippen molar-refractivity contribution in [3.05, 3.63) is 18.0 Å². The molecule has 0 saturated carbocycles. The average molecular weight is 321 g/mol. The van der Waals surface area contributed by atoms with Gasteiger partial charge in [-0.3, -0.25) is 4.68 Å². The van der Waals surface area contributed by atoms with Crippen molar-refractivity contribution in [3.63, 3.8) is 0 Å². The summed E-state index contributed by atoms with van der Waals surface area (Å²) in [5, 5.41) is 29.4. The van der Waals surface area contributed by atoms with Crippen molar-refractivity contribution in [1.29, 1.82) is 15.8 Å². The van der Waals surface area contributed by atoms with Gasteiger partial charge >= 0.3 is 12.1 Å². The summed E-state index contributed by atoms with van der Waals surface area (Å²) in [6, 6.07) is 4.02. The van der Waals surface area contributed by atoms with Crippen LogP contribution in [-0.4, -0.2) is 28.1 Å². The van der Waals surface area contributed by atoms with Crippen molar-refractivity contribution < 1.29 is 26.3 Å².